The maximum Gasteiger partial charge on any atom is 0.330 e. The molecule has 0 N–H and O–H groups in total. The van der Waals surface area contributed by atoms with Crippen LogP contribution in [0.15, 0.2) is 36.4 Å². The van der Waals surface area contributed by atoms with Crippen LogP contribution in [0.4, 0.5) is 5.69 Å². The van der Waals surface area contributed by atoms with Crippen LogP contribution in [-0.2, 0) is 14.3 Å². The molecule has 0 aromatic heterocycles. The van der Waals surface area contributed by atoms with Gasteiger partial charge in [0.2, 0.25) is 0 Å². The number of carbonyl (C=O) groups is 2. The standard InChI is InChI=1S/C14H17NO3/c1-4-18-14(17)9-8-13(16)15(3)12-7-5-6-11(2)10-12/h5-10H,4H2,1-3H3/b9-8+. The second kappa shape index (κ2) is 6.59. The average molecular weight is 247 g/mol. The Morgan fingerprint density at radius 3 is 2.67 bits per heavy atom. The molecule has 0 saturated heterocycles. The van der Waals surface area contributed by atoms with Crippen LogP contribution >= 0.6 is 0 Å². The number of rotatable bonds is 4. The third-order valence-corrected chi connectivity index (χ3v) is 2.37. The number of aryl methyl sites for hydroxylation is 1. The Morgan fingerprint density at radius 1 is 1.33 bits per heavy atom. The minimum atomic E-state index is -0.511. The van der Waals surface area contributed by atoms with E-state index in [1.54, 1.807) is 14.0 Å². The molecule has 0 unspecified atom stereocenters. The summed E-state index contributed by atoms with van der Waals surface area (Å²) in [5.74, 6) is -0.780. The van der Waals surface area contributed by atoms with Crippen molar-refractivity contribution in [3.05, 3.63) is 42.0 Å². The van der Waals surface area contributed by atoms with Crippen LogP contribution in [0.5, 0.6) is 0 Å². The summed E-state index contributed by atoms with van der Waals surface area (Å²) in [6.45, 7) is 3.97. The highest BCUT2D eigenvalue weighted by Crippen LogP contribution is 2.14. The van der Waals surface area contributed by atoms with Crippen LogP contribution in [0.1, 0.15) is 12.5 Å². The van der Waals surface area contributed by atoms with Crippen LogP contribution in [0.25, 0.3) is 0 Å². The zero-order chi connectivity index (χ0) is 13.5. The number of esters is 1. The van der Waals surface area contributed by atoms with Gasteiger partial charge in [-0.2, -0.15) is 0 Å². The normalized spacial score (nSPS) is 10.4. The minimum Gasteiger partial charge on any atom is -0.463 e. The summed E-state index contributed by atoms with van der Waals surface area (Å²) in [7, 11) is 1.66. The van der Waals surface area contributed by atoms with Gasteiger partial charge in [0.15, 0.2) is 0 Å². The van der Waals surface area contributed by atoms with E-state index < -0.39 is 5.97 Å². The van der Waals surface area contributed by atoms with Crippen LogP contribution in [0, 0.1) is 6.92 Å². The quantitative estimate of drug-likeness (QED) is 0.604. The molecule has 0 bridgehead atoms. The van der Waals surface area contributed by atoms with E-state index in [9.17, 15) is 9.59 Å². The Morgan fingerprint density at radius 2 is 2.06 bits per heavy atom. The maximum atomic E-state index is 11.8. The number of carbonyl (C=O) groups excluding carboxylic acids is 2. The molecule has 96 valence electrons. The SMILES string of the molecule is CCOC(=O)/C=C/C(=O)N(C)c1cccc(C)c1. The molecule has 0 aliphatic heterocycles. The minimum absolute atomic E-state index is 0.270. The number of hydrogen-bond acceptors (Lipinski definition) is 3. The van der Waals surface area contributed by atoms with Crippen molar-refractivity contribution in [3.63, 3.8) is 0 Å². The molecule has 4 nitrogen and oxygen atoms in total. The zero-order valence-electron chi connectivity index (χ0n) is 10.8. The summed E-state index contributed by atoms with van der Waals surface area (Å²) in [5, 5.41) is 0. The Bertz CT molecular complexity index is 466. The van der Waals surface area contributed by atoms with Gasteiger partial charge in [0.1, 0.15) is 0 Å². The molecule has 0 spiro atoms. The van der Waals surface area contributed by atoms with Gasteiger partial charge < -0.3 is 9.64 Å². The number of nitrogens with zero attached hydrogens (tertiary/aromatic N) is 1. The molecular weight excluding hydrogens is 230 g/mol. The van der Waals surface area contributed by atoms with Crippen LogP contribution < -0.4 is 4.90 Å². The van der Waals surface area contributed by atoms with Crippen LogP contribution in [0.2, 0.25) is 0 Å². The molecule has 0 atom stereocenters. The predicted octanol–water partition coefficient (Wildman–Crippen LogP) is 2.08. The summed E-state index contributed by atoms with van der Waals surface area (Å²) in [6.07, 6.45) is 2.35. The molecule has 4 heteroatoms. The van der Waals surface area contributed by atoms with E-state index in [0.29, 0.717) is 6.61 Å². The Kier molecular flexibility index (Phi) is 5.11. The zero-order valence-corrected chi connectivity index (χ0v) is 10.8. The summed E-state index contributed by atoms with van der Waals surface area (Å²) in [5.41, 5.74) is 1.86. The van der Waals surface area contributed by atoms with E-state index in [1.165, 1.54) is 11.0 Å². The molecule has 1 rings (SSSR count). The van der Waals surface area contributed by atoms with Gasteiger partial charge in [0.25, 0.3) is 5.91 Å². The lowest BCUT2D eigenvalue weighted by Crippen LogP contribution is -2.24. The Balaban J connectivity index is 2.70. The number of ether oxygens (including phenoxy) is 1. The highest BCUT2D eigenvalue weighted by molar-refractivity contribution is 6.03. The second-order valence-electron chi connectivity index (χ2n) is 3.82. The van der Waals surface area contributed by atoms with Gasteiger partial charge in [-0.25, -0.2) is 4.79 Å². The molecule has 18 heavy (non-hydrogen) atoms. The third-order valence-electron chi connectivity index (χ3n) is 2.37. The van der Waals surface area contributed by atoms with Crippen LogP contribution in [-0.4, -0.2) is 25.5 Å². The van der Waals surface area contributed by atoms with Gasteiger partial charge in [0, 0.05) is 24.9 Å². The maximum absolute atomic E-state index is 11.8. The van der Waals surface area contributed by atoms with E-state index in [4.69, 9.17) is 4.74 Å². The monoisotopic (exact) mass is 247 g/mol. The first-order valence-corrected chi connectivity index (χ1v) is 5.73. The lowest BCUT2D eigenvalue weighted by molar-refractivity contribution is -0.137. The van der Waals surface area contributed by atoms with Crippen LogP contribution in [0.3, 0.4) is 0 Å². The molecule has 0 radical (unpaired) electrons. The number of hydrogen-bond donors (Lipinski definition) is 0. The van der Waals surface area contributed by atoms with Crippen molar-refractivity contribution in [3.8, 4) is 0 Å². The molecule has 0 fully saturated rings. The molecule has 0 aliphatic carbocycles. The summed E-state index contributed by atoms with van der Waals surface area (Å²) in [4.78, 5) is 24.4. The highest BCUT2D eigenvalue weighted by atomic mass is 16.5. The summed E-state index contributed by atoms with van der Waals surface area (Å²) in [6, 6.07) is 7.57. The van der Waals surface area contributed by atoms with E-state index in [0.717, 1.165) is 17.3 Å². The smallest absolute Gasteiger partial charge is 0.330 e. The summed E-state index contributed by atoms with van der Waals surface area (Å²) >= 11 is 0. The van der Waals surface area contributed by atoms with Crippen molar-refractivity contribution in [2.45, 2.75) is 13.8 Å². The topological polar surface area (TPSA) is 46.6 Å². The molecule has 0 heterocycles. The Hall–Kier alpha value is -2.10. The van der Waals surface area contributed by atoms with Gasteiger partial charge in [0.05, 0.1) is 6.61 Å². The predicted molar refractivity (Wildman–Crippen MR) is 70.4 cm³/mol. The largest absolute Gasteiger partial charge is 0.463 e. The van der Waals surface area contributed by atoms with Crippen molar-refractivity contribution in [2.24, 2.45) is 0 Å². The second-order valence-corrected chi connectivity index (χ2v) is 3.82. The third kappa shape index (κ3) is 4.05. The highest BCUT2D eigenvalue weighted by Gasteiger charge is 2.08. The fourth-order valence-electron chi connectivity index (χ4n) is 1.41. The first-order chi connectivity index (χ1) is 8.54. The number of likely N-dealkylation sites (N-methyl/N-ethyl adjacent to an activating group) is 1. The molecule has 1 aromatic rings. The molecule has 1 aromatic carbocycles. The first-order valence-electron chi connectivity index (χ1n) is 5.73. The molecule has 0 saturated carbocycles. The molecule has 0 aliphatic rings. The first kappa shape index (κ1) is 14.0. The number of anilines is 1. The van der Waals surface area contributed by atoms with Crippen molar-refractivity contribution >= 4 is 17.6 Å². The van der Waals surface area contributed by atoms with Gasteiger partial charge in [-0.05, 0) is 31.5 Å². The van der Waals surface area contributed by atoms with E-state index in [1.807, 2.05) is 31.2 Å². The lowest BCUT2D eigenvalue weighted by atomic mass is 10.2. The average Bonchev–Trinajstić information content (AvgIpc) is 2.35. The van der Waals surface area contributed by atoms with Crippen molar-refractivity contribution in [1.82, 2.24) is 0 Å². The summed E-state index contributed by atoms with van der Waals surface area (Å²) < 4.78 is 4.70. The van der Waals surface area contributed by atoms with Gasteiger partial charge in [-0.1, -0.05) is 12.1 Å². The van der Waals surface area contributed by atoms with Gasteiger partial charge >= 0.3 is 5.97 Å². The molecular formula is C14H17NO3. The lowest BCUT2D eigenvalue weighted by Gasteiger charge is -2.15. The van der Waals surface area contributed by atoms with Crippen molar-refractivity contribution < 1.29 is 14.3 Å². The Labute approximate surface area is 107 Å². The van der Waals surface area contributed by atoms with E-state index in [-0.39, 0.29) is 5.91 Å². The van der Waals surface area contributed by atoms with Crippen molar-refractivity contribution in [1.29, 1.82) is 0 Å². The van der Waals surface area contributed by atoms with Gasteiger partial charge in [-0.15, -0.1) is 0 Å². The van der Waals surface area contributed by atoms with E-state index >= 15 is 0 Å². The van der Waals surface area contributed by atoms with Crippen molar-refractivity contribution in [2.75, 3.05) is 18.6 Å². The fraction of sp³-hybridized carbons (Fsp3) is 0.286. The molecule has 1 amide bonds. The van der Waals surface area contributed by atoms with E-state index in [2.05, 4.69) is 0 Å². The van der Waals surface area contributed by atoms with Gasteiger partial charge in [-0.3, -0.25) is 4.79 Å². The fourth-order valence-corrected chi connectivity index (χ4v) is 1.41. The number of benzene rings is 1. The number of amides is 1.